The highest BCUT2D eigenvalue weighted by Gasteiger charge is 2.11. The predicted octanol–water partition coefficient (Wildman–Crippen LogP) is 2.70. The molecule has 88 valence electrons. The van der Waals surface area contributed by atoms with E-state index in [4.69, 9.17) is 9.47 Å². The van der Waals surface area contributed by atoms with E-state index in [9.17, 15) is 4.79 Å². The van der Waals surface area contributed by atoms with Crippen LogP contribution in [-0.4, -0.2) is 24.8 Å². The third kappa shape index (κ3) is 9.63. The van der Waals surface area contributed by atoms with Crippen LogP contribution in [0.3, 0.4) is 0 Å². The number of hydrogen-bond acceptors (Lipinski definition) is 3. The van der Waals surface area contributed by atoms with Crippen LogP contribution in [0.2, 0.25) is 0 Å². The normalized spacial score (nSPS) is 12.2. The van der Waals surface area contributed by atoms with Gasteiger partial charge in [0.05, 0.1) is 12.2 Å². The molecule has 0 atom stereocenters. The van der Waals surface area contributed by atoms with Gasteiger partial charge >= 0.3 is 0 Å². The zero-order chi connectivity index (χ0) is 11.7. The first-order chi connectivity index (χ1) is 7.06. The highest BCUT2D eigenvalue weighted by Crippen LogP contribution is 2.08. The van der Waals surface area contributed by atoms with Crippen LogP contribution in [0.5, 0.6) is 0 Å². The number of carbonyl (C=O) groups excluding carboxylic acids is 1. The summed E-state index contributed by atoms with van der Waals surface area (Å²) in [7, 11) is 0. The maximum Gasteiger partial charge on any atom is 0.161 e. The molecule has 0 saturated heterocycles. The second-order valence-electron chi connectivity index (χ2n) is 3.91. The molecule has 0 heterocycles. The summed E-state index contributed by atoms with van der Waals surface area (Å²) in [5, 5.41) is 0. The van der Waals surface area contributed by atoms with E-state index >= 15 is 0 Å². The van der Waals surface area contributed by atoms with Crippen LogP contribution in [-0.2, 0) is 14.3 Å². The van der Waals surface area contributed by atoms with E-state index in [2.05, 4.69) is 0 Å². The number of carbonyl (C=O) groups is 1. The van der Waals surface area contributed by atoms with Crippen LogP contribution >= 0.6 is 0 Å². The molecule has 0 radical (unpaired) electrons. The number of hydrogen-bond donors (Lipinski definition) is 0. The van der Waals surface area contributed by atoms with Crippen molar-refractivity contribution in [2.24, 2.45) is 0 Å². The molecule has 0 aliphatic carbocycles. The molecule has 0 aliphatic rings. The molecule has 3 nitrogen and oxygen atoms in total. The smallest absolute Gasteiger partial charge is 0.161 e. The van der Waals surface area contributed by atoms with Crippen LogP contribution in [0.4, 0.5) is 0 Å². The monoisotopic (exact) mass is 214 g/mol. The first-order valence-electron chi connectivity index (χ1n) is 5.45. The Kier molecular flexibility index (Phi) is 8.24. The van der Waals surface area contributed by atoms with Gasteiger partial charge in [-0.2, -0.15) is 0 Å². The molecule has 0 aromatic heterocycles. The van der Waals surface area contributed by atoms with Crippen molar-refractivity contribution < 1.29 is 14.3 Å². The lowest BCUT2D eigenvalue weighted by Crippen LogP contribution is -2.23. The molecule has 0 N–H and O–H groups in total. The Balaban J connectivity index is 3.94. The SMILES string of the molecule is CC(C)OC(C/C=C\CC=O)OC(C)C. The first kappa shape index (κ1) is 14.3. The van der Waals surface area contributed by atoms with E-state index in [0.29, 0.717) is 12.8 Å². The van der Waals surface area contributed by atoms with Crippen LogP contribution in [0.25, 0.3) is 0 Å². The number of allylic oxidation sites excluding steroid dienone is 1. The van der Waals surface area contributed by atoms with Gasteiger partial charge < -0.3 is 14.3 Å². The van der Waals surface area contributed by atoms with Crippen LogP contribution in [0.15, 0.2) is 12.2 Å². The Bertz CT molecular complexity index is 175. The molecule has 0 aromatic carbocycles. The third-order valence-corrected chi connectivity index (χ3v) is 1.58. The van der Waals surface area contributed by atoms with Gasteiger partial charge in [0.15, 0.2) is 6.29 Å². The lowest BCUT2D eigenvalue weighted by atomic mass is 10.3. The van der Waals surface area contributed by atoms with E-state index in [1.807, 2.05) is 39.8 Å². The van der Waals surface area contributed by atoms with Crippen LogP contribution < -0.4 is 0 Å². The molecule has 0 unspecified atom stereocenters. The van der Waals surface area contributed by atoms with Gasteiger partial charge in [0.2, 0.25) is 0 Å². The van der Waals surface area contributed by atoms with E-state index in [0.717, 1.165) is 6.29 Å². The minimum absolute atomic E-state index is 0.147. The Labute approximate surface area is 92.5 Å². The van der Waals surface area contributed by atoms with Gasteiger partial charge in [-0.3, -0.25) is 0 Å². The van der Waals surface area contributed by atoms with Gasteiger partial charge in [0.25, 0.3) is 0 Å². The number of ether oxygens (including phenoxy) is 2. The molecular formula is C12H22O3. The highest BCUT2D eigenvalue weighted by atomic mass is 16.7. The fraction of sp³-hybridized carbons (Fsp3) is 0.750. The summed E-state index contributed by atoms with van der Waals surface area (Å²) in [6.45, 7) is 7.91. The molecule has 0 aromatic rings. The van der Waals surface area contributed by atoms with Crippen molar-refractivity contribution in [2.45, 2.75) is 59.0 Å². The molecule has 3 heteroatoms. The number of aldehydes is 1. The summed E-state index contributed by atoms with van der Waals surface area (Å²) < 4.78 is 11.2. The minimum Gasteiger partial charge on any atom is -0.350 e. The average Bonchev–Trinajstić information content (AvgIpc) is 2.10. The van der Waals surface area contributed by atoms with E-state index in [1.54, 1.807) is 0 Å². The maximum atomic E-state index is 10.1. The highest BCUT2D eigenvalue weighted by molar-refractivity contribution is 5.51. The summed E-state index contributed by atoms with van der Waals surface area (Å²) in [6.07, 6.45) is 5.84. The Hall–Kier alpha value is -0.670. The number of rotatable bonds is 8. The quantitative estimate of drug-likeness (QED) is 0.354. The van der Waals surface area contributed by atoms with Crippen molar-refractivity contribution in [1.29, 1.82) is 0 Å². The molecular weight excluding hydrogens is 192 g/mol. The average molecular weight is 214 g/mol. The van der Waals surface area contributed by atoms with E-state index in [1.165, 1.54) is 0 Å². The van der Waals surface area contributed by atoms with E-state index < -0.39 is 0 Å². The summed E-state index contributed by atoms with van der Waals surface area (Å²) in [6, 6.07) is 0. The standard InChI is InChI=1S/C12H22O3/c1-10(2)14-12(15-11(3)4)8-6-5-7-9-13/h5-6,9-12H,7-8H2,1-4H3/b6-5-. The zero-order valence-corrected chi connectivity index (χ0v) is 10.1. The van der Waals surface area contributed by atoms with Gasteiger partial charge in [0, 0.05) is 12.8 Å². The lowest BCUT2D eigenvalue weighted by molar-refractivity contribution is -0.178. The molecule has 0 amide bonds. The molecule has 0 rings (SSSR count). The van der Waals surface area contributed by atoms with Crippen molar-refractivity contribution in [3.63, 3.8) is 0 Å². The summed E-state index contributed by atoms with van der Waals surface area (Å²) in [5.41, 5.74) is 0. The van der Waals surface area contributed by atoms with Crippen LogP contribution in [0.1, 0.15) is 40.5 Å². The molecule has 0 fully saturated rings. The Morgan fingerprint density at radius 2 is 1.53 bits per heavy atom. The molecule has 0 saturated carbocycles. The first-order valence-corrected chi connectivity index (χ1v) is 5.45. The van der Waals surface area contributed by atoms with Crippen LogP contribution in [0, 0.1) is 0 Å². The lowest BCUT2D eigenvalue weighted by Gasteiger charge is -2.21. The fourth-order valence-electron chi connectivity index (χ4n) is 1.11. The summed E-state index contributed by atoms with van der Waals surface area (Å²) >= 11 is 0. The second kappa shape index (κ2) is 8.62. The van der Waals surface area contributed by atoms with Gasteiger partial charge in [-0.05, 0) is 27.7 Å². The predicted molar refractivity (Wildman–Crippen MR) is 60.7 cm³/mol. The second-order valence-corrected chi connectivity index (χ2v) is 3.91. The van der Waals surface area contributed by atoms with Crippen molar-refractivity contribution in [3.8, 4) is 0 Å². The summed E-state index contributed by atoms with van der Waals surface area (Å²) in [4.78, 5) is 10.1. The molecule has 0 spiro atoms. The van der Waals surface area contributed by atoms with Crippen molar-refractivity contribution in [3.05, 3.63) is 12.2 Å². The molecule has 15 heavy (non-hydrogen) atoms. The zero-order valence-electron chi connectivity index (χ0n) is 10.1. The third-order valence-electron chi connectivity index (χ3n) is 1.58. The van der Waals surface area contributed by atoms with Gasteiger partial charge in [-0.25, -0.2) is 0 Å². The van der Waals surface area contributed by atoms with Crippen molar-refractivity contribution in [2.75, 3.05) is 0 Å². The topological polar surface area (TPSA) is 35.5 Å². The van der Waals surface area contributed by atoms with Gasteiger partial charge in [-0.1, -0.05) is 12.2 Å². The maximum absolute atomic E-state index is 10.1. The van der Waals surface area contributed by atoms with Gasteiger partial charge in [0.1, 0.15) is 6.29 Å². The largest absolute Gasteiger partial charge is 0.350 e. The Morgan fingerprint density at radius 1 is 1.00 bits per heavy atom. The Morgan fingerprint density at radius 3 is 1.93 bits per heavy atom. The fourth-order valence-corrected chi connectivity index (χ4v) is 1.11. The molecule has 0 bridgehead atoms. The van der Waals surface area contributed by atoms with E-state index in [-0.39, 0.29) is 18.5 Å². The molecule has 0 aliphatic heterocycles. The van der Waals surface area contributed by atoms with Gasteiger partial charge in [-0.15, -0.1) is 0 Å². The van der Waals surface area contributed by atoms with Crippen molar-refractivity contribution >= 4 is 6.29 Å². The summed E-state index contributed by atoms with van der Waals surface area (Å²) in [5.74, 6) is 0. The minimum atomic E-state index is -0.215. The van der Waals surface area contributed by atoms with Crippen molar-refractivity contribution in [1.82, 2.24) is 0 Å².